The molecule has 1 aromatic heterocycles. The summed E-state index contributed by atoms with van der Waals surface area (Å²) in [6.07, 6.45) is 0.554. The van der Waals surface area contributed by atoms with Gasteiger partial charge in [-0.05, 0) is 42.8 Å². The van der Waals surface area contributed by atoms with Gasteiger partial charge in [-0.15, -0.1) is 0 Å². The molecule has 1 heterocycles. The maximum atomic E-state index is 12.4. The summed E-state index contributed by atoms with van der Waals surface area (Å²) >= 11 is 0. The number of carbonyl (C=O) groups excluding carboxylic acids is 2. The lowest BCUT2D eigenvalue weighted by atomic mass is 10.2. The Balaban J connectivity index is 1.57. The molecule has 3 aromatic rings. The minimum atomic E-state index is -0.965. The Bertz CT molecular complexity index is 969. The van der Waals surface area contributed by atoms with E-state index >= 15 is 0 Å². The molecule has 3 rings (SSSR count). The minimum absolute atomic E-state index is 0.217. The van der Waals surface area contributed by atoms with E-state index in [2.05, 4.69) is 5.32 Å². The first-order valence-corrected chi connectivity index (χ1v) is 9.42. The third-order valence-electron chi connectivity index (χ3n) is 4.31. The highest BCUT2D eigenvalue weighted by molar-refractivity contribution is 5.92. The fourth-order valence-electron chi connectivity index (χ4n) is 2.66. The van der Waals surface area contributed by atoms with Crippen molar-refractivity contribution in [3.8, 4) is 11.5 Å². The number of furan rings is 1. The molecule has 0 spiro atoms. The van der Waals surface area contributed by atoms with Crippen LogP contribution in [0.5, 0.6) is 11.5 Å². The van der Waals surface area contributed by atoms with E-state index in [9.17, 15) is 9.59 Å². The smallest absolute Gasteiger partial charge is 0.339 e. The van der Waals surface area contributed by atoms with Crippen LogP contribution in [0, 0.1) is 0 Å². The van der Waals surface area contributed by atoms with E-state index in [1.54, 1.807) is 24.3 Å². The van der Waals surface area contributed by atoms with Crippen molar-refractivity contribution in [3.63, 3.8) is 0 Å². The molecule has 0 radical (unpaired) electrons. The number of nitrogens with one attached hydrogen (secondary N) is 1. The molecule has 30 heavy (non-hydrogen) atoms. The number of methoxy groups -OCH3 is 1. The molecular formula is C23H23NO6. The molecule has 0 aliphatic carbocycles. The van der Waals surface area contributed by atoms with Gasteiger partial charge in [0.1, 0.15) is 12.4 Å². The van der Waals surface area contributed by atoms with Gasteiger partial charge < -0.3 is 23.9 Å². The molecule has 1 unspecified atom stereocenters. The Morgan fingerprint density at radius 2 is 1.83 bits per heavy atom. The average Bonchev–Trinajstić information content (AvgIpc) is 3.30. The van der Waals surface area contributed by atoms with E-state index in [0.717, 1.165) is 5.56 Å². The number of ether oxygens (including phenoxy) is 3. The van der Waals surface area contributed by atoms with Crippen molar-refractivity contribution in [2.75, 3.05) is 7.11 Å². The van der Waals surface area contributed by atoms with Crippen LogP contribution in [0.2, 0.25) is 0 Å². The zero-order chi connectivity index (χ0) is 21.3. The lowest BCUT2D eigenvalue weighted by molar-refractivity contribution is -0.129. The van der Waals surface area contributed by atoms with Gasteiger partial charge >= 0.3 is 5.97 Å². The number of benzene rings is 2. The van der Waals surface area contributed by atoms with E-state index in [1.807, 2.05) is 30.3 Å². The summed E-state index contributed by atoms with van der Waals surface area (Å²) in [5.41, 5.74) is 1.27. The second-order valence-electron chi connectivity index (χ2n) is 6.48. The minimum Gasteiger partial charge on any atom is -0.493 e. The highest BCUT2D eigenvalue weighted by atomic mass is 16.5. The van der Waals surface area contributed by atoms with E-state index in [0.29, 0.717) is 23.9 Å². The van der Waals surface area contributed by atoms with Crippen LogP contribution in [0.15, 0.2) is 71.3 Å². The normalized spacial score (nSPS) is 11.4. The SMILES string of the molecule is COc1cc(C(=O)OC(C)C(=O)NCc2ccco2)ccc1OCc1ccccc1. The van der Waals surface area contributed by atoms with Gasteiger partial charge in [0.25, 0.3) is 5.91 Å². The third-order valence-corrected chi connectivity index (χ3v) is 4.31. The summed E-state index contributed by atoms with van der Waals surface area (Å²) in [7, 11) is 1.49. The first kappa shape index (κ1) is 21.0. The number of hydrogen-bond acceptors (Lipinski definition) is 6. The Labute approximate surface area is 174 Å². The highest BCUT2D eigenvalue weighted by Crippen LogP contribution is 2.29. The first-order chi connectivity index (χ1) is 14.6. The Hall–Kier alpha value is -3.74. The topological polar surface area (TPSA) is 87.0 Å². The second kappa shape index (κ2) is 10.2. The fourth-order valence-corrected chi connectivity index (χ4v) is 2.66. The number of esters is 1. The van der Waals surface area contributed by atoms with Gasteiger partial charge in [0.05, 0.1) is 25.5 Å². The monoisotopic (exact) mass is 409 g/mol. The summed E-state index contributed by atoms with van der Waals surface area (Å²) in [6.45, 7) is 2.09. The second-order valence-corrected chi connectivity index (χ2v) is 6.48. The molecule has 7 heteroatoms. The van der Waals surface area contributed by atoms with E-state index in [1.165, 1.54) is 26.4 Å². The molecule has 156 valence electrons. The Kier molecular flexibility index (Phi) is 7.10. The van der Waals surface area contributed by atoms with Crippen molar-refractivity contribution in [1.29, 1.82) is 0 Å². The zero-order valence-electron chi connectivity index (χ0n) is 16.8. The van der Waals surface area contributed by atoms with Crippen molar-refractivity contribution in [2.24, 2.45) is 0 Å². The molecule has 0 saturated carbocycles. The highest BCUT2D eigenvalue weighted by Gasteiger charge is 2.20. The number of rotatable bonds is 9. The molecule has 0 aliphatic heterocycles. The van der Waals surface area contributed by atoms with Crippen molar-refractivity contribution in [3.05, 3.63) is 83.8 Å². The molecule has 0 aliphatic rings. The standard InChI is InChI=1S/C23H23NO6/c1-16(22(25)24-14-19-9-6-12-28-19)30-23(26)18-10-11-20(21(13-18)27-2)29-15-17-7-4-3-5-8-17/h3-13,16H,14-15H2,1-2H3,(H,24,25). The molecule has 1 N–H and O–H groups in total. The summed E-state index contributed by atoms with van der Waals surface area (Å²) in [5, 5.41) is 2.65. The van der Waals surface area contributed by atoms with Crippen molar-refractivity contribution in [1.82, 2.24) is 5.32 Å². The van der Waals surface area contributed by atoms with E-state index in [-0.39, 0.29) is 12.1 Å². The van der Waals surface area contributed by atoms with Crippen LogP contribution in [0.4, 0.5) is 0 Å². The molecule has 0 bridgehead atoms. The van der Waals surface area contributed by atoms with Crippen molar-refractivity contribution < 1.29 is 28.2 Å². The van der Waals surface area contributed by atoms with Crippen LogP contribution >= 0.6 is 0 Å². The summed E-state index contributed by atoms with van der Waals surface area (Å²) < 4.78 is 21.5. The summed E-state index contributed by atoms with van der Waals surface area (Å²) in [5.74, 6) is 0.452. The Morgan fingerprint density at radius 1 is 1.03 bits per heavy atom. The van der Waals surface area contributed by atoms with Crippen LogP contribution < -0.4 is 14.8 Å². The predicted octanol–water partition coefficient (Wildman–Crippen LogP) is 3.73. The van der Waals surface area contributed by atoms with Crippen molar-refractivity contribution >= 4 is 11.9 Å². The van der Waals surface area contributed by atoms with Crippen LogP contribution in [0.3, 0.4) is 0 Å². The van der Waals surface area contributed by atoms with Crippen LogP contribution in [-0.2, 0) is 22.7 Å². The van der Waals surface area contributed by atoms with Crippen molar-refractivity contribution in [2.45, 2.75) is 26.2 Å². The molecule has 2 aromatic carbocycles. The lowest BCUT2D eigenvalue weighted by Crippen LogP contribution is -2.35. The van der Waals surface area contributed by atoms with Gasteiger partial charge in [0.15, 0.2) is 17.6 Å². The molecule has 1 atom stereocenters. The first-order valence-electron chi connectivity index (χ1n) is 9.42. The molecule has 0 fully saturated rings. The molecule has 1 amide bonds. The molecule has 7 nitrogen and oxygen atoms in total. The van der Waals surface area contributed by atoms with Gasteiger partial charge in [-0.1, -0.05) is 30.3 Å². The van der Waals surface area contributed by atoms with E-state index < -0.39 is 18.0 Å². The number of carbonyl (C=O) groups is 2. The van der Waals surface area contributed by atoms with Gasteiger partial charge in [0.2, 0.25) is 0 Å². The largest absolute Gasteiger partial charge is 0.493 e. The predicted molar refractivity (Wildman–Crippen MR) is 109 cm³/mol. The maximum Gasteiger partial charge on any atom is 0.339 e. The summed E-state index contributed by atoms with van der Waals surface area (Å²) in [4.78, 5) is 24.6. The molecular weight excluding hydrogens is 386 g/mol. The fraction of sp³-hybridized carbons (Fsp3) is 0.217. The van der Waals surface area contributed by atoms with Gasteiger partial charge in [-0.25, -0.2) is 4.79 Å². The quantitative estimate of drug-likeness (QED) is 0.542. The van der Waals surface area contributed by atoms with Crippen LogP contribution in [-0.4, -0.2) is 25.1 Å². The van der Waals surface area contributed by atoms with Gasteiger partial charge in [-0.3, -0.25) is 4.79 Å². The van der Waals surface area contributed by atoms with E-state index in [4.69, 9.17) is 18.6 Å². The average molecular weight is 409 g/mol. The third kappa shape index (κ3) is 5.64. The number of amides is 1. The zero-order valence-corrected chi connectivity index (χ0v) is 16.8. The maximum absolute atomic E-state index is 12.4. The molecule has 0 saturated heterocycles. The lowest BCUT2D eigenvalue weighted by Gasteiger charge is -2.15. The summed E-state index contributed by atoms with van der Waals surface area (Å²) in [6, 6.07) is 17.9. The van der Waals surface area contributed by atoms with Gasteiger partial charge in [0, 0.05) is 0 Å². The Morgan fingerprint density at radius 3 is 2.53 bits per heavy atom. The van der Waals surface area contributed by atoms with Gasteiger partial charge in [-0.2, -0.15) is 0 Å². The number of hydrogen-bond donors (Lipinski definition) is 1. The van der Waals surface area contributed by atoms with Crippen LogP contribution in [0.1, 0.15) is 28.6 Å². The van der Waals surface area contributed by atoms with Crippen LogP contribution in [0.25, 0.3) is 0 Å².